The number of furan rings is 1. The van der Waals surface area contributed by atoms with Gasteiger partial charge >= 0.3 is 0 Å². The number of fused-ring (bicyclic) bond motifs is 9. The highest BCUT2D eigenvalue weighted by Gasteiger charge is 2.22. The first-order chi connectivity index (χ1) is 31.7. The van der Waals surface area contributed by atoms with Gasteiger partial charge in [0.2, 0.25) is 0 Å². The molecule has 0 saturated heterocycles. The van der Waals surface area contributed by atoms with Crippen molar-refractivity contribution in [3.8, 4) is 39.1 Å². The second-order valence-corrected chi connectivity index (χ2v) is 17.6. The molecule has 0 bridgehead atoms. The van der Waals surface area contributed by atoms with Gasteiger partial charge in [-0.05, 0) is 113 Å². The van der Waals surface area contributed by atoms with Gasteiger partial charge in [-0.25, -0.2) is 0 Å². The van der Waals surface area contributed by atoms with Crippen LogP contribution in [0.5, 0.6) is 0 Å². The van der Waals surface area contributed by atoms with Gasteiger partial charge in [-0.2, -0.15) is 0 Å². The lowest BCUT2D eigenvalue weighted by molar-refractivity contribution is 0.670. The largest absolute Gasteiger partial charge is 0.455 e. The maximum absolute atomic E-state index is 6.84. The Labute approximate surface area is 373 Å². The molecule has 0 fully saturated rings. The maximum atomic E-state index is 6.84. The third kappa shape index (κ3) is 5.95. The van der Waals surface area contributed by atoms with E-state index in [-0.39, 0.29) is 0 Å². The van der Waals surface area contributed by atoms with E-state index in [1.807, 2.05) is 11.3 Å². The molecule has 300 valence electrons. The quantitative estimate of drug-likeness (QED) is 0.159. The average Bonchev–Trinajstić information content (AvgIpc) is 4.04. The van der Waals surface area contributed by atoms with Gasteiger partial charge in [-0.3, -0.25) is 0 Å². The Hall–Kier alpha value is -8.18. The van der Waals surface area contributed by atoms with Crippen LogP contribution in [0.3, 0.4) is 0 Å². The van der Waals surface area contributed by atoms with Gasteiger partial charge in [0.1, 0.15) is 11.2 Å². The molecule has 0 N–H and O–H groups in total. The van der Waals surface area contributed by atoms with E-state index in [9.17, 15) is 0 Å². The van der Waals surface area contributed by atoms with Crippen LogP contribution in [0.15, 0.2) is 235 Å². The second kappa shape index (κ2) is 14.7. The fourth-order valence-electron chi connectivity index (χ4n) is 9.80. The van der Waals surface area contributed by atoms with Gasteiger partial charge in [0.25, 0.3) is 0 Å². The van der Waals surface area contributed by atoms with Crippen LogP contribution in [0.2, 0.25) is 0 Å². The van der Waals surface area contributed by atoms with Crippen LogP contribution < -0.4 is 4.90 Å². The highest BCUT2D eigenvalue weighted by molar-refractivity contribution is 7.25. The van der Waals surface area contributed by atoms with Crippen molar-refractivity contribution in [2.75, 3.05) is 4.90 Å². The Morgan fingerprint density at radius 1 is 0.344 bits per heavy atom. The maximum Gasteiger partial charge on any atom is 0.143 e. The van der Waals surface area contributed by atoms with E-state index in [1.54, 1.807) is 0 Å². The first kappa shape index (κ1) is 36.5. The Morgan fingerprint density at radius 2 is 0.922 bits per heavy atom. The number of rotatable bonds is 7. The van der Waals surface area contributed by atoms with Crippen molar-refractivity contribution in [2.45, 2.75) is 0 Å². The molecular weight excluding hydrogens is 797 g/mol. The number of anilines is 3. The molecule has 4 heteroatoms. The molecule has 0 radical (unpaired) electrons. The summed E-state index contributed by atoms with van der Waals surface area (Å²) in [7, 11) is 0. The van der Waals surface area contributed by atoms with Gasteiger partial charge < -0.3 is 13.9 Å². The lowest BCUT2D eigenvalue weighted by atomic mass is 9.98. The summed E-state index contributed by atoms with van der Waals surface area (Å²) in [5, 5.41) is 7.23. The Bertz CT molecular complexity index is 3880. The molecule has 13 aromatic rings. The molecule has 0 aliphatic rings. The zero-order valence-electron chi connectivity index (χ0n) is 34.7. The molecule has 0 aliphatic heterocycles. The molecule has 0 spiro atoms. The summed E-state index contributed by atoms with van der Waals surface area (Å²) in [6.45, 7) is 0. The Morgan fingerprint density at radius 3 is 1.69 bits per heavy atom. The molecule has 3 heterocycles. The first-order valence-electron chi connectivity index (χ1n) is 21.7. The summed E-state index contributed by atoms with van der Waals surface area (Å²) in [4.78, 5) is 2.41. The molecule has 64 heavy (non-hydrogen) atoms. The zero-order valence-corrected chi connectivity index (χ0v) is 35.5. The number of aromatic nitrogens is 1. The predicted molar refractivity (Wildman–Crippen MR) is 272 cm³/mol. The third-order valence-corrected chi connectivity index (χ3v) is 13.9. The first-order valence-corrected chi connectivity index (χ1v) is 22.6. The number of benzene rings is 10. The Kier molecular flexibility index (Phi) is 8.40. The molecule has 0 atom stereocenters. The molecule has 0 aliphatic carbocycles. The van der Waals surface area contributed by atoms with E-state index in [0.717, 1.165) is 66.9 Å². The Balaban J connectivity index is 1.04. The normalized spacial score (nSPS) is 11.8. The van der Waals surface area contributed by atoms with Crippen LogP contribution in [-0.4, -0.2) is 4.57 Å². The fourth-order valence-corrected chi connectivity index (χ4v) is 10.9. The SMILES string of the molecule is c1ccc(-c2cccc(N(c3cccc(-c4ccc5sc6ccccc6c5c4)c3)c3cc(-c4cccc(-n5c6ccccc6c6ccccc65)c4)c4oc5ccccc5c4c3)c2)cc1. The van der Waals surface area contributed by atoms with Crippen LogP contribution >= 0.6 is 11.3 Å². The van der Waals surface area contributed by atoms with Crippen LogP contribution in [0.1, 0.15) is 0 Å². The van der Waals surface area contributed by atoms with Crippen LogP contribution in [0.4, 0.5) is 17.1 Å². The van der Waals surface area contributed by atoms with E-state index in [0.29, 0.717) is 0 Å². The van der Waals surface area contributed by atoms with Gasteiger partial charge in [-0.1, -0.05) is 146 Å². The van der Waals surface area contributed by atoms with Crippen LogP contribution in [-0.2, 0) is 0 Å². The fraction of sp³-hybridized carbons (Fsp3) is 0. The minimum atomic E-state index is 0.866. The minimum Gasteiger partial charge on any atom is -0.455 e. The van der Waals surface area contributed by atoms with Crippen molar-refractivity contribution in [3.63, 3.8) is 0 Å². The van der Waals surface area contributed by atoms with Crippen molar-refractivity contribution in [1.29, 1.82) is 0 Å². The standard InChI is InChI=1S/C60H38N2OS/c1-2-15-39(16-3-1)40-17-12-20-44(33-40)61(45-21-13-18-41(34-45)42-31-32-59-53(36-42)51-26-7-11-30-58(51)64-59)47-37-52(60-54(38-47)50-25-6-10-29-57(50)63-60)43-19-14-22-46(35-43)62-55-27-8-4-23-48(55)49-24-5-9-28-56(49)62/h1-38H. The van der Waals surface area contributed by atoms with Crippen molar-refractivity contribution in [3.05, 3.63) is 231 Å². The lowest BCUT2D eigenvalue weighted by Gasteiger charge is -2.27. The van der Waals surface area contributed by atoms with Crippen molar-refractivity contribution < 1.29 is 4.42 Å². The minimum absolute atomic E-state index is 0.866. The number of hydrogen-bond donors (Lipinski definition) is 0. The van der Waals surface area contributed by atoms with Crippen LogP contribution in [0, 0.1) is 0 Å². The van der Waals surface area contributed by atoms with Crippen molar-refractivity contribution >= 4 is 92.3 Å². The molecule has 0 amide bonds. The van der Waals surface area contributed by atoms with E-state index in [2.05, 4.69) is 240 Å². The molecular formula is C60H38N2OS. The number of nitrogens with zero attached hydrogens (tertiary/aromatic N) is 2. The van der Waals surface area contributed by atoms with E-state index in [1.165, 1.54) is 53.1 Å². The van der Waals surface area contributed by atoms with Crippen molar-refractivity contribution in [1.82, 2.24) is 4.57 Å². The molecule has 0 unspecified atom stereocenters. The molecule has 3 aromatic heterocycles. The number of thiophene rings is 1. The number of para-hydroxylation sites is 3. The summed E-state index contributed by atoms with van der Waals surface area (Å²) >= 11 is 1.85. The van der Waals surface area contributed by atoms with Crippen LogP contribution in [0.25, 0.3) is 103 Å². The van der Waals surface area contributed by atoms with Gasteiger partial charge in [0.15, 0.2) is 0 Å². The van der Waals surface area contributed by atoms with Gasteiger partial charge in [0.05, 0.1) is 11.0 Å². The van der Waals surface area contributed by atoms with E-state index >= 15 is 0 Å². The van der Waals surface area contributed by atoms with E-state index < -0.39 is 0 Å². The summed E-state index contributed by atoms with van der Waals surface area (Å²) in [5.41, 5.74) is 15.1. The van der Waals surface area contributed by atoms with Gasteiger partial charge in [0, 0.05) is 70.0 Å². The average molecular weight is 835 g/mol. The molecule has 0 saturated carbocycles. The molecule has 10 aromatic carbocycles. The monoisotopic (exact) mass is 834 g/mol. The smallest absolute Gasteiger partial charge is 0.143 e. The van der Waals surface area contributed by atoms with Crippen molar-refractivity contribution in [2.24, 2.45) is 0 Å². The highest BCUT2D eigenvalue weighted by Crippen LogP contribution is 2.46. The summed E-state index contributed by atoms with van der Waals surface area (Å²) in [5.74, 6) is 0. The molecule has 3 nitrogen and oxygen atoms in total. The zero-order chi connectivity index (χ0) is 42.1. The summed E-state index contributed by atoms with van der Waals surface area (Å²) in [6, 6.07) is 83.5. The summed E-state index contributed by atoms with van der Waals surface area (Å²) in [6.07, 6.45) is 0. The highest BCUT2D eigenvalue weighted by atomic mass is 32.1. The predicted octanol–water partition coefficient (Wildman–Crippen LogP) is 17.5. The van der Waals surface area contributed by atoms with Gasteiger partial charge in [-0.15, -0.1) is 11.3 Å². The third-order valence-electron chi connectivity index (χ3n) is 12.7. The number of hydrogen-bond acceptors (Lipinski definition) is 3. The topological polar surface area (TPSA) is 21.3 Å². The second-order valence-electron chi connectivity index (χ2n) is 16.5. The molecule has 13 rings (SSSR count). The van der Waals surface area contributed by atoms with E-state index in [4.69, 9.17) is 4.42 Å². The summed E-state index contributed by atoms with van der Waals surface area (Å²) < 4.78 is 11.8. The lowest BCUT2D eigenvalue weighted by Crippen LogP contribution is -2.10.